The van der Waals surface area contributed by atoms with Gasteiger partial charge in [0.15, 0.2) is 0 Å². The monoisotopic (exact) mass is 417 g/mol. The van der Waals surface area contributed by atoms with Gasteiger partial charge in [0, 0.05) is 42.8 Å². The third-order valence-electron chi connectivity index (χ3n) is 6.68. The van der Waals surface area contributed by atoms with E-state index in [0.717, 1.165) is 44.1 Å². The Bertz CT molecular complexity index is 788. The zero-order valence-electron chi connectivity index (χ0n) is 17.6. The Hall–Kier alpha value is -1.24. The molecule has 1 aliphatic heterocycles. The molecular weight excluding hydrogens is 386 g/mol. The predicted octanol–water partition coefficient (Wildman–Crippen LogP) is 3.70. The predicted molar refractivity (Wildman–Crippen MR) is 115 cm³/mol. The highest BCUT2D eigenvalue weighted by Gasteiger charge is 2.47. The summed E-state index contributed by atoms with van der Waals surface area (Å²) in [6, 6.07) is 4.46. The van der Waals surface area contributed by atoms with Crippen molar-refractivity contribution >= 4 is 11.6 Å². The molecule has 158 valence electrons. The van der Waals surface area contributed by atoms with Crippen molar-refractivity contribution in [3.8, 4) is 0 Å². The summed E-state index contributed by atoms with van der Waals surface area (Å²) in [4.78, 5) is 9.42. The highest BCUT2D eigenvalue weighted by atomic mass is 35.5. The third kappa shape index (κ3) is 4.17. The summed E-state index contributed by atoms with van der Waals surface area (Å²) in [5.41, 5.74) is 2.48. The molecule has 5 nitrogen and oxygen atoms in total. The summed E-state index contributed by atoms with van der Waals surface area (Å²) in [7, 11) is 0. The Morgan fingerprint density at radius 2 is 2.03 bits per heavy atom. The SMILES string of the molecule is CC(C)OC(O)N1CCN([C@H]2c3ncccc3CCC3C=C(Cl)C=CC32C)CC1. The maximum atomic E-state index is 10.4. The summed E-state index contributed by atoms with van der Waals surface area (Å²) in [6.07, 6.45) is 9.77. The van der Waals surface area contributed by atoms with Crippen LogP contribution >= 0.6 is 11.6 Å². The number of fused-ring (bicyclic) bond motifs is 2. The van der Waals surface area contributed by atoms with Gasteiger partial charge >= 0.3 is 0 Å². The van der Waals surface area contributed by atoms with Crippen LogP contribution in [0.25, 0.3) is 0 Å². The fraction of sp³-hybridized carbons (Fsp3) is 0.609. The van der Waals surface area contributed by atoms with E-state index in [2.05, 4.69) is 36.1 Å². The van der Waals surface area contributed by atoms with Crippen LogP contribution in [0.15, 0.2) is 41.6 Å². The molecule has 2 aliphatic carbocycles. The zero-order valence-corrected chi connectivity index (χ0v) is 18.3. The number of aryl methyl sites for hydroxylation is 1. The smallest absolute Gasteiger partial charge is 0.216 e. The summed E-state index contributed by atoms with van der Waals surface area (Å²) in [5.74, 6) is 0.382. The molecule has 1 aromatic rings. The third-order valence-corrected chi connectivity index (χ3v) is 6.93. The largest absolute Gasteiger partial charge is 0.356 e. The van der Waals surface area contributed by atoms with Gasteiger partial charge in [-0.15, -0.1) is 0 Å². The topological polar surface area (TPSA) is 48.8 Å². The minimum absolute atomic E-state index is 0.00421. The molecule has 0 saturated carbocycles. The summed E-state index contributed by atoms with van der Waals surface area (Å²) >= 11 is 6.39. The minimum Gasteiger partial charge on any atom is -0.356 e. The van der Waals surface area contributed by atoms with Crippen LogP contribution < -0.4 is 0 Å². The van der Waals surface area contributed by atoms with Crippen molar-refractivity contribution in [3.63, 3.8) is 0 Å². The van der Waals surface area contributed by atoms with E-state index >= 15 is 0 Å². The molecule has 0 radical (unpaired) electrons. The maximum Gasteiger partial charge on any atom is 0.216 e. The first kappa shape index (κ1) is 21.0. The number of aliphatic hydroxyl groups is 1. The molecule has 29 heavy (non-hydrogen) atoms. The van der Waals surface area contributed by atoms with E-state index in [0.29, 0.717) is 5.92 Å². The Balaban J connectivity index is 1.61. The van der Waals surface area contributed by atoms with Crippen molar-refractivity contribution in [2.45, 2.75) is 52.2 Å². The van der Waals surface area contributed by atoms with Crippen LogP contribution in [0, 0.1) is 11.3 Å². The molecule has 3 unspecified atom stereocenters. The van der Waals surface area contributed by atoms with Crippen LogP contribution in [0.1, 0.15) is 44.5 Å². The van der Waals surface area contributed by atoms with Gasteiger partial charge in [-0.2, -0.15) is 0 Å². The second-order valence-electron chi connectivity index (χ2n) is 8.93. The summed E-state index contributed by atoms with van der Waals surface area (Å²) in [6.45, 7) is 9.53. The Labute approximate surface area is 179 Å². The molecule has 1 saturated heterocycles. The molecule has 0 bridgehead atoms. The molecule has 3 aliphatic rings. The van der Waals surface area contributed by atoms with Gasteiger partial charge in [-0.25, -0.2) is 0 Å². The first-order chi connectivity index (χ1) is 13.9. The Morgan fingerprint density at radius 1 is 1.28 bits per heavy atom. The minimum atomic E-state index is -0.837. The zero-order chi connectivity index (χ0) is 20.6. The maximum absolute atomic E-state index is 10.4. The number of allylic oxidation sites excluding steroid dienone is 3. The quantitative estimate of drug-likeness (QED) is 0.757. The lowest BCUT2D eigenvalue weighted by molar-refractivity contribution is -0.219. The number of piperazine rings is 1. The van der Waals surface area contributed by atoms with Crippen LogP contribution in [0.5, 0.6) is 0 Å². The van der Waals surface area contributed by atoms with E-state index in [1.165, 1.54) is 11.3 Å². The van der Waals surface area contributed by atoms with E-state index in [9.17, 15) is 5.11 Å². The van der Waals surface area contributed by atoms with Gasteiger partial charge in [0.25, 0.3) is 0 Å². The van der Waals surface area contributed by atoms with Crippen molar-refractivity contribution in [3.05, 3.63) is 52.8 Å². The molecule has 0 amide bonds. The number of aliphatic hydroxyl groups excluding tert-OH is 1. The van der Waals surface area contributed by atoms with E-state index in [1.54, 1.807) is 0 Å². The van der Waals surface area contributed by atoms with Gasteiger partial charge in [-0.05, 0) is 50.3 Å². The van der Waals surface area contributed by atoms with Crippen LogP contribution in [0.4, 0.5) is 0 Å². The molecule has 0 spiro atoms. The average Bonchev–Trinajstić information content (AvgIpc) is 2.82. The van der Waals surface area contributed by atoms with Crippen molar-refractivity contribution in [2.75, 3.05) is 26.2 Å². The van der Waals surface area contributed by atoms with Crippen LogP contribution in [0.3, 0.4) is 0 Å². The van der Waals surface area contributed by atoms with E-state index < -0.39 is 6.41 Å². The standard InChI is InChI=1S/C23H32ClN3O2/c1-16(2)29-22(28)27-13-11-26(12-14-27)21-20-17(5-4-10-25-20)6-7-18-15-19(24)8-9-23(18,21)3/h4-5,8-10,15-16,18,21-22,28H,6-7,11-14H2,1-3H3/t18?,21-,22?,23?/m0/s1. The molecule has 1 aromatic heterocycles. The summed E-state index contributed by atoms with van der Waals surface area (Å²) in [5, 5.41) is 11.2. The first-order valence-corrected chi connectivity index (χ1v) is 11.1. The number of hydrogen-bond donors (Lipinski definition) is 1. The molecule has 0 aromatic carbocycles. The number of hydrogen-bond acceptors (Lipinski definition) is 5. The second-order valence-corrected chi connectivity index (χ2v) is 9.37. The highest BCUT2D eigenvalue weighted by molar-refractivity contribution is 6.31. The molecule has 6 heteroatoms. The molecule has 4 rings (SSSR count). The van der Waals surface area contributed by atoms with Crippen LogP contribution in [0.2, 0.25) is 0 Å². The highest BCUT2D eigenvalue weighted by Crippen LogP contribution is 2.52. The van der Waals surface area contributed by atoms with Gasteiger partial charge in [-0.1, -0.05) is 36.7 Å². The lowest BCUT2D eigenvalue weighted by Crippen LogP contribution is -2.55. The van der Waals surface area contributed by atoms with Gasteiger partial charge in [-0.3, -0.25) is 14.8 Å². The van der Waals surface area contributed by atoms with Crippen molar-refractivity contribution in [1.82, 2.24) is 14.8 Å². The van der Waals surface area contributed by atoms with Gasteiger partial charge < -0.3 is 9.84 Å². The van der Waals surface area contributed by atoms with Crippen molar-refractivity contribution in [2.24, 2.45) is 11.3 Å². The van der Waals surface area contributed by atoms with Gasteiger partial charge in [0.05, 0.1) is 17.8 Å². The average molecular weight is 418 g/mol. The van der Waals surface area contributed by atoms with Crippen molar-refractivity contribution < 1.29 is 9.84 Å². The number of pyridine rings is 1. The lowest BCUT2D eigenvalue weighted by atomic mass is 9.67. The molecule has 1 N–H and O–H groups in total. The van der Waals surface area contributed by atoms with Gasteiger partial charge in [0.2, 0.25) is 6.41 Å². The fourth-order valence-electron chi connectivity index (χ4n) is 5.12. The fourth-order valence-corrected chi connectivity index (χ4v) is 5.34. The number of nitrogens with zero attached hydrogens (tertiary/aromatic N) is 3. The molecule has 2 heterocycles. The number of aromatic nitrogens is 1. The van der Waals surface area contributed by atoms with Crippen LogP contribution in [-0.4, -0.2) is 58.6 Å². The lowest BCUT2D eigenvalue weighted by Gasteiger charge is -2.49. The van der Waals surface area contributed by atoms with E-state index in [4.69, 9.17) is 21.3 Å². The summed E-state index contributed by atoms with van der Waals surface area (Å²) < 4.78 is 5.58. The molecular formula is C23H32ClN3O2. The number of ether oxygens (including phenoxy) is 1. The number of rotatable bonds is 4. The van der Waals surface area contributed by atoms with Crippen molar-refractivity contribution in [1.29, 1.82) is 0 Å². The first-order valence-electron chi connectivity index (χ1n) is 10.7. The normalized spacial score (nSPS) is 31.7. The van der Waals surface area contributed by atoms with E-state index in [-0.39, 0.29) is 17.6 Å². The molecule has 1 fully saturated rings. The van der Waals surface area contributed by atoms with E-state index in [1.807, 2.05) is 31.0 Å². The molecule has 4 atom stereocenters. The second kappa shape index (κ2) is 8.48. The Kier molecular flexibility index (Phi) is 6.14. The number of halogens is 1. The van der Waals surface area contributed by atoms with Gasteiger partial charge in [0.1, 0.15) is 0 Å². The Morgan fingerprint density at radius 3 is 2.76 bits per heavy atom. The van der Waals surface area contributed by atoms with Crippen LogP contribution in [-0.2, 0) is 11.2 Å².